The van der Waals surface area contributed by atoms with Gasteiger partial charge in [0.15, 0.2) is 5.78 Å². The van der Waals surface area contributed by atoms with Crippen LogP contribution < -0.4 is 0 Å². The van der Waals surface area contributed by atoms with Gasteiger partial charge in [0.1, 0.15) is 5.82 Å². The Labute approximate surface area is 121 Å². The number of hydrogen-bond donors (Lipinski definition) is 0. The van der Waals surface area contributed by atoms with E-state index in [1.165, 1.54) is 18.6 Å². The Morgan fingerprint density at radius 3 is 2.70 bits per heavy atom. The molecule has 0 aromatic heterocycles. The largest absolute Gasteiger partial charge is 0.292 e. The molecule has 1 fully saturated rings. The predicted octanol–water partition coefficient (Wildman–Crippen LogP) is 4.05. The van der Waals surface area contributed by atoms with Crippen molar-refractivity contribution in [1.82, 2.24) is 4.90 Å². The van der Waals surface area contributed by atoms with Crippen molar-refractivity contribution >= 4 is 5.78 Å². The highest BCUT2D eigenvalue weighted by atomic mass is 19.1. The fraction of sp³-hybridized carbons (Fsp3) is 0.588. The maximum Gasteiger partial charge on any atom is 0.179 e. The minimum Gasteiger partial charge on any atom is -0.292 e. The average Bonchev–Trinajstić information content (AvgIpc) is 2.47. The highest BCUT2D eigenvalue weighted by Crippen LogP contribution is 2.24. The number of piperidine rings is 1. The molecule has 110 valence electrons. The molecule has 20 heavy (non-hydrogen) atoms. The summed E-state index contributed by atoms with van der Waals surface area (Å²) in [5.41, 5.74) is 0.631. The lowest BCUT2D eigenvalue weighted by Crippen LogP contribution is -2.49. The van der Waals surface area contributed by atoms with E-state index in [1.807, 2.05) is 0 Å². The van der Waals surface area contributed by atoms with Crippen LogP contribution >= 0.6 is 0 Å². The first kappa shape index (κ1) is 15.2. The maximum absolute atomic E-state index is 13.0. The molecule has 2 nitrogen and oxygen atoms in total. The molecule has 3 heteroatoms. The molecule has 1 aliphatic heterocycles. The molecule has 2 atom stereocenters. The van der Waals surface area contributed by atoms with Crippen molar-refractivity contribution < 1.29 is 9.18 Å². The highest BCUT2D eigenvalue weighted by Gasteiger charge is 2.31. The van der Waals surface area contributed by atoms with Crippen LogP contribution in [0.15, 0.2) is 24.3 Å². The number of hydrogen-bond acceptors (Lipinski definition) is 2. The number of carbonyl (C=O) groups excluding carboxylic acids is 1. The van der Waals surface area contributed by atoms with Gasteiger partial charge >= 0.3 is 0 Å². The Morgan fingerprint density at radius 1 is 1.35 bits per heavy atom. The second kappa shape index (κ2) is 6.98. The van der Waals surface area contributed by atoms with Gasteiger partial charge in [0.05, 0.1) is 6.04 Å². The molecule has 1 heterocycles. The summed E-state index contributed by atoms with van der Waals surface area (Å²) in [5.74, 6) is -0.144. The van der Waals surface area contributed by atoms with Gasteiger partial charge in [-0.1, -0.05) is 19.8 Å². The Hall–Kier alpha value is -1.22. The number of carbonyl (C=O) groups is 1. The van der Waals surface area contributed by atoms with E-state index < -0.39 is 0 Å². The molecular formula is C17H24FNO. The molecule has 2 rings (SSSR count). The van der Waals surface area contributed by atoms with Crippen LogP contribution in [-0.4, -0.2) is 29.3 Å². The average molecular weight is 277 g/mol. The van der Waals surface area contributed by atoms with E-state index in [-0.39, 0.29) is 17.6 Å². The Morgan fingerprint density at radius 2 is 2.05 bits per heavy atom. The zero-order chi connectivity index (χ0) is 14.5. The van der Waals surface area contributed by atoms with Crippen molar-refractivity contribution in [3.63, 3.8) is 0 Å². The molecule has 1 aliphatic rings. The normalized spacial score (nSPS) is 21.6. The molecule has 0 spiro atoms. The van der Waals surface area contributed by atoms with Crippen LogP contribution in [0.5, 0.6) is 0 Å². The number of benzene rings is 1. The van der Waals surface area contributed by atoms with Crippen molar-refractivity contribution in [3.8, 4) is 0 Å². The molecule has 1 aromatic rings. The third-order valence-electron chi connectivity index (χ3n) is 4.25. The zero-order valence-electron chi connectivity index (χ0n) is 12.4. The smallest absolute Gasteiger partial charge is 0.179 e. The summed E-state index contributed by atoms with van der Waals surface area (Å²) in [7, 11) is 0. The molecule has 0 N–H and O–H groups in total. The maximum atomic E-state index is 13.0. The van der Waals surface area contributed by atoms with E-state index >= 15 is 0 Å². The van der Waals surface area contributed by atoms with Crippen molar-refractivity contribution in [1.29, 1.82) is 0 Å². The van der Waals surface area contributed by atoms with Gasteiger partial charge in [0.2, 0.25) is 0 Å². The standard InChI is InChI=1S/C17H24FNO/c1-3-6-13(2)19-12-5-4-7-16(19)17(20)14-8-10-15(18)11-9-14/h8-11,13,16H,3-7,12H2,1-2H3. The van der Waals surface area contributed by atoms with Gasteiger partial charge in [-0.3, -0.25) is 9.69 Å². The third kappa shape index (κ3) is 3.45. The lowest BCUT2D eigenvalue weighted by atomic mass is 9.92. The first-order valence-corrected chi connectivity index (χ1v) is 7.69. The summed E-state index contributed by atoms with van der Waals surface area (Å²) < 4.78 is 13.0. The van der Waals surface area contributed by atoms with Crippen LogP contribution in [0.4, 0.5) is 4.39 Å². The summed E-state index contributed by atoms with van der Waals surface area (Å²) >= 11 is 0. The fourth-order valence-electron chi connectivity index (χ4n) is 3.15. The summed E-state index contributed by atoms with van der Waals surface area (Å²) in [6, 6.07) is 6.36. The van der Waals surface area contributed by atoms with Gasteiger partial charge in [-0.15, -0.1) is 0 Å². The van der Waals surface area contributed by atoms with Gasteiger partial charge < -0.3 is 0 Å². The van der Waals surface area contributed by atoms with Gasteiger partial charge in [0, 0.05) is 11.6 Å². The predicted molar refractivity (Wildman–Crippen MR) is 79.4 cm³/mol. The molecule has 1 aromatic carbocycles. The molecule has 0 bridgehead atoms. The lowest BCUT2D eigenvalue weighted by molar-refractivity contribution is 0.0626. The van der Waals surface area contributed by atoms with Crippen LogP contribution in [0.3, 0.4) is 0 Å². The van der Waals surface area contributed by atoms with Crippen LogP contribution in [-0.2, 0) is 0 Å². The molecule has 0 aliphatic carbocycles. The monoisotopic (exact) mass is 277 g/mol. The number of Topliss-reactive ketones (excluding diaryl/α,β-unsaturated/α-hetero) is 1. The van der Waals surface area contributed by atoms with Crippen molar-refractivity contribution in [2.45, 2.75) is 58.0 Å². The Kier molecular flexibility index (Phi) is 5.30. The van der Waals surface area contributed by atoms with Gasteiger partial charge in [0.25, 0.3) is 0 Å². The number of ketones is 1. The third-order valence-corrected chi connectivity index (χ3v) is 4.25. The van der Waals surface area contributed by atoms with E-state index in [4.69, 9.17) is 0 Å². The molecular weight excluding hydrogens is 253 g/mol. The minimum absolute atomic E-state index is 0.0317. The van der Waals surface area contributed by atoms with Crippen molar-refractivity contribution in [3.05, 3.63) is 35.6 Å². The summed E-state index contributed by atoms with van der Waals surface area (Å²) in [4.78, 5) is 15.0. The van der Waals surface area contributed by atoms with Crippen molar-refractivity contribution in [2.24, 2.45) is 0 Å². The number of rotatable bonds is 5. The number of likely N-dealkylation sites (tertiary alicyclic amines) is 1. The Balaban J connectivity index is 2.14. The topological polar surface area (TPSA) is 20.3 Å². The molecule has 0 radical (unpaired) electrons. The van der Waals surface area contributed by atoms with E-state index in [0.717, 1.165) is 32.2 Å². The second-order valence-electron chi connectivity index (χ2n) is 5.76. The van der Waals surface area contributed by atoms with Gasteiger partial charge in [-0.2, -0.15) is 0 Å². The van der Waals surface area contributed by atoms with Crippen LogP contribution in [0.25, 0.3) is 0 Å². The molecule has 1 saturated heterocycles. The first-order chi connectivity index (χ1) is 9.63. The quantitative estimate of drug-likeness (QED) is 0.757. The highest BCUT2D eigenvalue weighted by molar-refractivity contribution is 6.00. The van der Waals surface area contributed by atoms with Crippen LogP contribution in [0.1, 0.15) is 56.3 Å². The summed E-state index contributed by atoms with van der Waals surface area (Å²) in [6.07, 6.45) is 5.45. The lowest BCUT2D eigenvalue weighted by Gasteiger charge is -2.39. The number of nitrogens with zero attached hydrogens (tertiary/aromatic N) is 1. The van der Waals surface area contributed by atoms with Crippen LogP contribution in [0.2, 0.25) is 0 Å². The van der Waals surface area contributed by atoms with Gasteiger partial charge in [-0.05, 0) is 57.0 Å². The van der Waals surface area contributed by atoms with E-state index in [2.05, 4.69) is 18.7 Å². The van der Waals surface area contributed by atoms with E-state index in [9.17, 15) is 9.18 Å². The number of halogens is 1. The SMILES string of the molecule is CCCC(C)N1CCCCC1C(=O)c1ccc(F)cc1. The first-order valence-electron chi connectivity index (χ1n) is 7.69. The minimum atomic E-state index is -0.290. The zero-order valence-corrected chi connectivity index (χ0v) is 12.4. The van der Waals surface area contributed by atoms with Gasteiger partial charge in [-0.25, -0.2) is 4.39 Å². The summed E-state index contributed by atoms with van der Waals surface area (Å²) in [6.45, 7) is 5.38. The second-order valence-corrected chi connectivity index (χ2v) is 5.76. The van der Waals surface area contributed by atoms with E-state index in [0.29, 0.717) is 11.6 Å². The molecule has 2 unspecified atom stereocenters. The molecule has 0 saturated carbocycles. The fourth-order valence-corrected chi connectivity index (χ4v) is 3.15. The van der Waals surface area contributed by atoms with E-state index in [1.54, 1.807) is 12.1 Å². The Bertz CT molecular complexity index is 443. The summed E-state index contributed by atoms with van der Waals surface area (Å²) in [5, 5.41) is 0. The molecule has 0 amide bonds. The van der Waals surface area contributed by atoms with Crippen LogP contribution in [0, 0.1) is 5.82 Å². The van der Waals surface area contributed by atoms with Crippen molar-refractivity contribution in [2.75, 3.05) is 6.54 Å².